The van der Waals surface area contributed by atoms with Crippen LogP contribution in [0.4, 0.5) is 4.79 Å². The highest BCUT2D eigenvalue weighted by Gasteiger charge is 2.15. The Balaban J connectivity index is 2.21. The molecule has 0 atom stereocenters. The molecule has 1 amide bonds. The Kier molecular flexibility index (Phi) is 5.41. The summed E-state index contributed by atoms with van der Waals surface area (Å²) >= 11 is 1.70. The van der Waals surface area contributed by atoms with Gasteiger partial charge in [0.05, 0.1) is 0 Å². The SMILES string of the molecule is Cc1cscc1C=CCCNC(=O)OC(C)(C)C. The first kappa shape index (κ1) is 14.8. The molecule has 0 aliphatic heterocycles. The number of aryl methyl sites for hydroxylation is 1. The minimum atomic E-state index is -0.437. The first-order valence-corrected chi connectivity index (χ1v) is 6.99. The van der Waals surface area contributed by atoms with Gasteiger partial charge in [0.1, 0.15) is 5.60 Å². The van der Waals surface area contributed by atoms with E-state index in [1.165, 1.54) is 11.1 Å². The van der Waals surface area contributed by atoms with Crippen LogP contribution in [0, 0.1) is 6.92 Å². The summed E-state index contributed by atoms with van der Waals surface area (Å²) in [6, 6.07) is 0. The first-order chi connectivity index (χ1) is 8.38. The highest BCUT2D eigenvalue weighted by atomic mass is 32.1. The van der Waals surface area contributed by atoms with Crippen molar-refractivity contribution in [2.24, 2.45) is 0 Å². The van der Waals surface area contributed by atoms with E-state index in [1.807, 2.05) is 20.8 Å². The van der Waals surface area contributed by atoms with E-state index in [-0.39, 0.29) is 6.09 Å². The number of alkyl carbamates (subject to hydrolysis) is 1. The molecule has 0 spiro atoms. The van der Waals surface area contributed by atoms with Crippen LogP contribution in [0.25, 0.3) is 6.08 Å². The number of amides is 1. The summed E-state index contributed by atoms with van der Waals surface area (Å²) in [6.07, 6.45) is 4.59. The molecule has 0 bridgehead atoms. The van der Waals surface area contributed by atoms with Gasteiger partial charge in [0.25, 0.3) is 0 Å². The normalized spacial score (nSPS) is 11.8. The molecule has 0 aromatic carbocycles. The van der Waals surface area contributed by atoms with Gasteiger partial charge >= 0.3 is 6.09 Å². The lowest BCUT2D eigenvalue weighted by atomic mass is 10.2. The molecule has 1 N–H and O–H groups in total. The van der Waals surface area contributed by atoms with Crippen molar-refractivity contribution in [1.82, 2.24) is 5.32 Å². The summed E-state index contributed by atoms with van der Waals surface area (Å²) in [7, 11) is 0. The van der Waals surface area contributed by atoms with Crippen molar-refractivity contribution >= 4 is 23.5 Å². The number of ether oxygens (including phenoxy) is 1. The number of carbonyl (C=O) groups is 1. The van der Waals surface area contributed by atoms with Gasteiger partial charge < -0.3 is 10.1 Å². The van der Waals surface area contributed by atoms with Crippen molar-refractivity contribution in [2.75, 3.05) is 6.54 Å². The van der Waals surface area contributed by atoms with Crippen LogP contribution in [0.2, 0.25) is 0 Å². The number of carbonyl (C=O) groups excluding carboxylic acids is 1. The average Bonchev–Trinajstić information content (AvgIpc) is 2.61. The smallest absolute Gasteiger partial charge is 0.407 e. The molecule has 18 heavy (non-hydrogen) atoms. The lowest BCUT2D eigenvalue weighted by molar-refractivity contribution is 0.0529. The molecule has 3 nitrogen and oxygen atoms in total. The van der Waals surface area contributed by atoms with Crippen molar-refractivity contribution in [2.45, 2.75) is 39.7 Å². The van der Waals surface area contributed by atoms with E-state index in [0.29, 0.717) is 6.54 Å². The monoisotopic (exact) mass is 267 g/mol. The van der Waals surface area contributed by atoms with Gasteiger partial charge in [-0.15, -0.1) is 0 Å². The van der Waals surface area contributed by atoms with Gasteiger partial charge in [-0.3, -0.25) is 0 Å². The molecule has 0 aliphatic rings. The largest absolute Gasteiger partial charge is 0.444 e. The van der Waals surface area contributed by atoms with Gasteiger partial charge in [-0.1, -0.05) is 12.2 Å². The number of hydrogen-bond acceptors (Lipinski definition) is 3. The Morgan fingerprint density at radius 2 is 2.17 bits per heavy atom. The van der Waals surface area contributed by atoms with E-state index in [1.54, 1.807) is 11.3 Å². The van der Waals surface area contributed by atoms with Crippen LogP contribution in [0.5, 0.6) is 0 Å². The predicted octanol–water partition coefficient (Wildman–Crippen LogP) is 3.98. The number of hydrogen-bond donors (Lipinski definition) is 1. The van der Waals surface area contributed by atoms with Crippen LogP contribution in [-0.2, 0) is 4.74 Å². The molecule has 1 rings (SSSR count). The standard InChI is InChI=1S/C14H21NO2S/c1-11-9-18-10-12(11)7-5-6-8-15-13(16)17-14(2,3)4/h5,7,9-10H,6,8H2,1-4H3,(H,15,16). The maximum atomic E-state index is 11.3. The summed E-state index contributed by atoms with van der Waals surface area (Å²) in [6.45, 7) is 8.24. The molecule has 1 aromatic heterocycles. The van der Waals surface area contributed by atoms with Crippen LogP contribution in [0.15, 0.2) is 16.8 Å². The third kappa shape index (κ3) is 5.87. The number of nitrogens with one attached hydrogen (secondary N) is 1. The second-order valence-electron chi connectivity index (χ2n) is 5.13. The lowest BCUT2D eigenvalue weighted by Gasteiger charge is -2.19. The molecule has 1 heterocycles. The molecular formula is C14H21NO2S. The molecule has 4 heteroatoms. The van der Waals surface area contributed by atoms with E-state index in [9.17, 15) is 4.79 Å². The molecule has 0 unspecified atom stereocenters. The van der Waals surface area contributed by atoms with Gasteiger partial charge in [0.15, 0.2) is 0 Å². The Morgan fingerprint density at radius 1 is 1.44 bits per heavy atom. The Bertz CT molecular complexity index is 416. The minimum Gasteiger partial charge on any atom is -0.444 e. The predicted molar refractivity (Wildman–Crippen MR) is 76.9 cm³/mol. The molecular weight excluding hydrogens is 246 g/mol. The van der Waals surface area contributed by atoms with E-state index in [2.05, 4.69) is 35.2 Å². The summed E-state index contributed by atoms with van der Waals surface area (Å²) < 4.78 is 5.14. The molecule has 100 valence electrons. The Labute approximate surface area is 113 Å². The molecule has 0 aliphatic carbocycles. The van der Waals surface area contributed by atoms with Crippen LogP contribution in [0.1, 0.15) is 38.3 Å². The molecule has 0 radical (unpaired) electrons. The van der Waals surface area contributed by atoms with Crippen LogP contribution >= 0.6 is 11.3 Å². The second-order valence-corrected chi connectivity index (χ2v) is 5.87. The molecule has 0 saturated heterocycles. The summed E-state index contributed by atoms with van der Waals surface area (Å²) in [4.78, 5) is 11.3. The zero-order chi connectivity index (χ0) is 13.6. The summed E-state index contributed by atoms with van der Waals surface area (Å²) in [5, 5.41) is 6.97. The fourth-order valence-corrected chi connectivity index (χ4v) is 2.14. The maximum absolute atomic E-state index is 11.3. The Hall–Kier alpha value is -1.29. The van der Waals surface area contributed by atoms with Crippen molar-refractivity contribution in [3.05, 3.63) is 28.0 Å². The third-order valence-corrected chi connectivity index (χ3v) is 3.05. The zero-order valence-corrected chi connectivity index (χ0v) is 12.3. The average molecular weight is 267 g/mol. The van der Waals surface area contributed by atoms with Crippen molar-refractivity contribution in [3.63, 3.8) is 0 Å². The molecule has 0 saturated carbocycles. The summed E-state index contributed by atoms with van der Waals surface area (Å²) in [5.74, 6) is 0. The lowest BCUT2D eigenvalue weighted by Crippen LogP contribution is -2.32. The second kappa shape index (κ2) is 6.59. The van der Waals surface area contributed by atoms with Crippen molar-refractivity contribution in [3.8, 4) is 0 Å². The fraction of sp³-hybridized carbons (Fsp3) is 0.500. The third-order valence-electron chi connectivity index (χ3n) is 2.17. The highest BCUT2D eigenvalue weighted by Crippen LogP contribution is 2.15. The molecule has 0 fully saturated rings. The van der Waals surface area contributed by atoms with E-state index < -0.39 is 5.60 Å². The van der Waals surface area contributed by atoms with Gasteiger partial charge in [-0.2, -0.15) is 11.3 Å². The summed E-state index contributed by atoms with van der Waals surface area (Å²) in [5.41, 5.74) is 2.10. The van der Waals surface area contributed by atoms with Gasteiger partial charge in [-0.25, -0.2) is 4.79 Å². The zero-order valence-electron chi connectivity index (χ0n) is 11.4. The van der Waals surface area contributed by atoms with Gasteiger partial charge in [-0.05, 0) is 56.0 Å². The maximum Gasteiger partial charge on any atom is 0.407 e. The van der Waals surface area contributed by atoms with Crippen molar-refractivity contribution in [1.29, 1.82) is 0 Å². The van der Waals surface area contributed by atoms with E-state index >= 15 is 0 Å². The van der Waals surface area contributed by atoms with E-state index in [4.69, 9.17) is 4.74 Å². The van der Waals surface area contributed by atoms with Gasteiger partial charge in [0, 0.05) is 6.54 Å². The highest BCUT2D eigenvalue weighted by molar-refractivity contribution is 7.08. The molecule has 1 aromatic rings. The van der Waals surface area contributed by atoms with E-state index in [0.717, 1.165) is 6.42 Å². The van der Waals surface area contributed by atoms with Crippen molar-refractivity contribution < 1.29 is 9.53 Å². The number of rotatable bonds is 4. The first-order valence-electron chi connectivity index (χ1n) is 6.04. The number of thiophene rings is 1. The topological polar surface area (TPSA) is 38.3 Å². The minimum absolute atomic E-state index is 0.359. The van der Waals surface area contributed by atoms with Crippen LogP contribution in [0.3, 0.4) is 0 Å². The quantitative estimate of drug-likeness (QED) is 0.838. The van der Waals surface area contributed by atoms with Gasteiger partial charge in [0.2, 0.25) is 0 Å². The fourth-order valence-electron chi connectivity index (χ4n) is 1.32. The van der Waals surface area contributed by atoms with Crippen LogP contribution < -0.4 is 5.32 Å². The Morgan fingerprint density at radius 3 is 2.72 bits per heavy atom. The van der Waals surface area contributed by atoms with Crippen LogP contribution in [-0.4, -0.2) is 18.2 Å².